The predicted molar refractivity (Wildman–Crippen MR) is 147 cm³/mol. The average molecular weight is 541 g/mol. The third kappa shape index (κ3) is 2.75. The number of anilines is 1. The molecule has 1 N–H and O–H groups in total. The molecule has 2 bridgehead atoms. The molecule has 0 aromatic heterocycles. The molecule has 0 saturated carbocycles. The first-order valence-corrected chi connectivity index (χ1v) is 13.3. The molecule has 188 valence electrons. The quantitative estimate of drug-likeness (QED) is 0.265. The molecule has 4 aliphatic rings. The van der Waals surface area contributed by atoms with Crippen LogP contribution in [0.4, 0.5) is 5.69 Å². The van der Waals surface area contributed by atoms with Crippen molar-refractivity contribution in [2.24, 2.45) is 11.8 Å². The van der Waals surface area contributed by atoms with Gasteiger partial charge in [0.25, 0.3) is 0 Å². The highest BCUT2D eigenvalue weighted by atomic mass is 35.5. The molecule has 1 saturated heterocycles. The molecule has 0 radical (unpaired) electrons. The third-order valence-electron chi connectivity index (χ3n) is 8.43. The molecule has 4 aromatic rings. The Bertz CT molecular complexity index is 1570. The van der Waals surface area contributed by atoms with E-state index in [0.29, 0.717) is 5.69 Å². The van der Waals surface area contributed by atoms with Crippen molar-refractivity contribution in [1.82, 2.24) is 4.90 Å². The van der Waals surface area contributed by atoms with Gasteiger partial charge < -0.3 is 5.32 Å². The van der Waals surface area contributed by atoms with Crippen LogP contribution in [0.15, 0.2) is 91.0 Å². The molecule has 38 heavy (non-hydrogen) atoms. The molecule has 1 fully saturated rings. The number of benzene rings is 4. The minimum absolute atomic E-state index is 0.462. The number of hydrogen-bond donors (Lipinski definition) is 1. The summed E-state index contributed by atoms with van der Waals surface area (Å²) < 4.78 is 0. The van der Waals surface area contributed by atoms with Crippen LogP contribution in [0.2, 0.25) is 0 Å². The molecule has 4 aromatic carbocycles. The normalized spacial score (nSPS) is 27.6. The number of rotatable bonds is 3. The van der Waals surface area contributed by atoms with Gasteiger partial charge in [0.05, 0.1) is 11.8 Å². The number of carbonyl (C=O) groups excluding carboxylic acids is 3. The van der Waals surface area contributed by atoms with Crippen molar-refractivity contribution in [3.05, 3.63) is 113 Å². The van der Waals surface area contributed by atoms with Gasteiger partial charge in [0, 0.05) is 11.1 Å². The van der Waals surface area contributed by atoms with Crippen LogP contribution in [-0.2, 0) is 24.1 Å². The summed E-state index contributed by atoms with van der Waals surface area (Å²) in [6, 6.07) is 27.2. The largest absolute Gasteiger partial charge is 0.324 e. The summed E-state index contributed by atoms with van der Waals surface area (Å²) in [4.78, 5) is 40.2. The minimum atomic E-state index is -1.28. The summed E-state index contributed by atoms with van der Waals surface area (Å²) in [5.41, 5.74) is 3.53. The summed E-state index contributed by atoms with van der Waals surface area (Å²) in [6.45, 7) is 1.57. The van der Waals surface area contributed by atoms with Gasteiger partial charge in [-0.2, -0.15) is 0 Å². The number of halogens is 2. The van der Waals surface area contributed by atoms with Crippen LogP contribution >= 0.6 is 23.2 Å². The van der Waals surface area contributed by atoms with Crippen LogP contribution in [0, 0.1) is 11.8 Å². The Morgan fingerprint density at radius 3 is 1.71 bits per heavy atom. The second-order valence-corrected chi connectivity index (χ2v) is 11.4. The molecule has 7 heteroatoms. The van der Waals surface area contributed by atoms with Crippen LogP contribution < -0.4 is 5.32 Å². The number of nitrogens with zero attached hydrogens (tertiary/aromatic N) is 1. The van der Waals surface area contributed by atoms with Crippen LogP contribution in [0.3, 0.4) is 0 Å². The van der Waals surface area contributed by atoms with E-state index in [1.54, 1.807) is 13.0 Å². The molecule has 3 aliphatic carbocycles. The van der Waals surface area contributed by atoms with Gasteiger partial charge in [-0.25, -0.2) is 0 Å². The van der Waals surface area contributed by atoms with Crippen LogP contribution in [0.5, 0.6) is 0 Å². The van der Waals surface area contributed by atoms with Gasteiger partial charge in [0.15, 0.2) is 0 Å². The molecule has 3 atom stereocenters. The number of hydrogen-bond acceptors (Lipinski definition) is 3. The Morgan fingerprint density at radius 1 is 0.737 bits per heavy atom. The second-order valence-electron chi connectivity index (χ2n) is 10.2. The molecule has 0 unspecified atom stereocenters. The SMILES string of the molecule is C[C@@H](C(=O)Nc1cccc2ccccc12)N1C(=O)[C@@H]2[C@H](C1=O)C1(Cl)c3ccccc3C2(Cl)c2ccccc21. The van der Waals surface area contributed by atoms with E-state index < -0.39 is 45.3 Å². The van der Waals surface area contributed by atoms with E-state index in [2.05, 4.69) is 5.32 Å². The zero-order valence-corrected chi connectivity index (χ0v) is 21.8. The van der Waals surface area contributed by atoms with Gasteiger partial charge in [-0.3, -0.25) is 19.3 Å². The van der Waals surface area contributed by atoms with E-state index in [1.807, 2.05) is 84.9 Å². The zero-order chi connectivity index (χ0) is 26.4. The smallest absolute Gasteiger partial charge is 0.247 e. The summed E-state index contributed by atoms with van der Waals surface area (Å²) in [6.07, 6.45) is 0. The third-order valence-corrected chi connectivity index (χ3v) is 9.72. The fraction of sp³-hybridized carbons (Fsp3) is 0.194. The lowest BCUT2D eigenvalue weighted by molar-refractivity contribution is -0.146. The highest BCUT2D eigenvalue weighted by molar-refractivity contribution is 6.36. The Balaban J connectivity index is 1.31. The number of likely N-dealkylation sites (tertiary alicyclic amines) is 1. The number of carbonyl (C=O) groups is 3. The molecule has 0 spiro atoms. The lowest BCUT2D eigenvalue weighted by Crippen LogP contribution is -2.57. The fourth-order valence-corrected chi connectivity index (χ4v) is 7.86. The topological polar surface area (TPSA) is 66.5 Å². The summed E-state index contributed by atoms with van der Waals surface area (Å²) >= 11 is 14.9. The maximum atomic E-state index is 14.1. The van der Waals surface area contributed by atoms with Crippen molar-refractivity contribution < 1.29 is 14.4 Å². The number of fused-ring (bicyclic) bond motifs is 1. The van der Waals surface area contributed by atoms with E-state index in [9.17, 15) is 14.4 Å². The lowest BCUT2D eigenvalue weighted by atomic mass is 9.54. The molecule has 1 aliphatic heterocycles. The van der Waals surface area contributed by atoms with Crippen molar-refractivity contribution in [3.8, 4) is 0 Å². The molecular weight excluding hydrogens is 519 g/mol. The van der Waals surface area contributed by atoms with Gasteiger partial charge >= 0.3 is 0 Å². The van der Waals surface area contributed by atoms with Crippen molar-refractivity contribution in [1.29, 1.82) is 0 Å². The molecule has 5 nitrogen and oxygen atoms in total. The average Bonchev–Trinajstić information content (AvgIpc) is 3.22. The second kappa shape index (κ2) is 7.92. The number of alkyl halides is 2. The Kier molecular flexibility index (Phi) is 4.89. The lowest BCUT2D eigenvalue weighted by Gasteiger charge is -2.54. The highest BCUT2D eigenvalue weighted by Crippen LogP contribution is 2.69. The van der Waals surface area contributed by atoms with E-state index in [-0.39, 0.29) is 0 Å². The Morgan fingerprint density at radius 2 is 1.18 bits per heavy atom. The Labute approximate surface area is 229 Å². The van der Waals surface area contributed by atoms with E-state index in [1.165, 1.54) is 0 Å². The van der Waals surface area contributed by atoms with Crippen molar-refractivity contribution in [2.75, 3.05) is 5.32 Å². The van der Waals surface area contributed by atoms with Crippen LogP contribution in [-0.4, -0.2) is 28.7 Å². The minimum Gasteiger partial charge on any atom is -0.324 e. The van der Waals surface area contributed by atoms with Crippen LogP contribution in [0.1, 0.15) is 29.2 Å². The van der Waals surface area contributed by atoms with E-state index in [0.717, 1.165) is 37.9 Å². The van der Waals surface area contributed by atoms with Crippen molar-refractivity contribution in [2.45, 2.75) is 22.7 Å². The summed E-state index contributed by atoms with van der Waals surface area (Å²) in [5, 5.41) is 4.76. The highest BCUT2D eigenvalue weighted by Gasteiger charge is 2.73. The van der Waals surface area contributed by atoms with Gasteiger partial charge in [-0.05, 0) is 40.6 Å². The Hall–Kier alpha value is -3.67. The predicted octanol–water partition coefficient (Wildman–Crippen LogP) is 5.76. The van der Waals surface area contributed by atoms with Crippen molar-refractivity contribution in [3.63, 3.8) is 0 Å². The van der Waals surface area contributed by atoms with E-state index in [4.69, 9.17) is 23.2 Å². The first-order chi connectivity index (χ1) is 18.3. The van der Waals surface area contributed by atoms with Gasteiger partial charge in [-0.1, -0.05) is 84.9 Å². The number of imide groups is 1. The maximum absolute atomic E-state index is 14.1. The van der Waals surface area contributed by atoms with Gasteiger partial charge in [0.2, 0.25) is 17.7 Å². The summed E-state index contributed by atoms with van der Waals surface area (Å²) in [5.74, 6) is -3.30. The number of amides is 3. The molecular formula is C31H22Cl2N2O3. The molecule has 8 rings (SSSR count). The fourth-order valence-electron chi connectivity index (χ4n) is 6.76. The monoisotopic (exact) mass is 540 g/mol. The van der Waals surface area contributed by atoms with Gasteiger partial charge in [0.1, 0.15) is 15.8 Å². The van der Waals surface area contributed by atoms with Gasteiger partial charge in [-0.15, -0.1) is 23.2 Å². The zero-order valence-electron chi connectivity index (χ0n) is 20.3. The molecule has 1 heterocycles. The summed E-state index contributed by atoms with van der Waals surface area (Å²) in [7, 11) is 0. The standard InChI is InChI=1S/C31H22Cl2N2O3/c1-17(27(36)34-24-16-8-10-18-9-2-3-11-19(18)24)35-28(37)25-26(29(35)38)31(33)21-13-5-4-12-20(21)30(25,32)22-14-6-7-15-23(22)31/h2-17,25-26H,1H3,(H,34,36)/t17-,25-,26+,30?,31?/m0/s1. The first-order valence-electron chi connectivity index (χ1n) is 12.5. The number of nitrogens with one attached hydrogen (secondary N) is 1. The first kappa shape index (κ1) is 23.4. The molecule has 3 amide bonds. The van der Waals surface area contributed by atoms with Crippen molar-refractivity contribution >= 4 is 57.4 Å². The van der Waals surface area contributed by atoms with E-state index >= 15 is 0 Å². The maximum Gasteiger partial charge on any atom is 0.247 e. The van der Waals surface area contributed by atoms with Crippen LogP contribution in [0.25, 0.3) is 10.8 Å².